The van der Waals surface area contributed by atoms with Gasteiger partial charge in [-0.2, -0.15) is 0 Å². The number of imide groups is 1. The number of likely N-dealkylation sites (tertiary alicyclic amines) is 1. The van der Waals surface area contributed by atoms with Crippen molar-refractivity contribution < 1.29 is 14.7 Å². The summed E-state index contributed by atoms with van der Waals surface area (Å²) < 4.78 is 0. The molecule has 5 nitrogen and oxygen atoms in total. The molecule has 0 spiro atoms. The number of aliphatic hydroxyl groups is 1. The van der Waals surface area contributed by atoms with Crippen molar-refractivity contribution in [3.05, 3.63) is 0 Å². The third kappa shape index (κ3) is 2.61. The van der Waals surface area contributed by atoms with Crippen molar-refractivity contribution in [3.63, 3.8) is 0 Å². The lowest BCUT2D eigenvalue weighted by Gasteiger charge is -2.21. The van der Waals surface area contributed by atoms with Crippen LogP contribution in [0.2, 0.25) is 0 Å². The Bertz CT molecular complexity index is 384. The van der Waals surface area contributed by atoms with Crippen molar-refractivity contribution >= 4 is 11.8 Å². The van der Waals surface area contributed by atoms with Crippen LogP contribution in [0.5, 0.6) is 0 Å². The quantitative estimate of drug-likeness (QED) is 0.696. The Kier molecular flexibility index (Phi) is 3.82. The summed E-state index contributed by atoms with van der Waals surface area (Å²) in [5.41, 5.74) is 0. The molecule has 0 aromatic carbocycles. The highest BCUT2D eigenvalue weighted by Crippen LogP contribution is 2.44. The maximum Gasteiger partial charge on any atom is 0.233 e. The first-order valence-electron chi connectivity index (χ1n) is 7.86. The van der Waals surface area contributed by atoms with Crippen LogP contribution in [0, 0.1) is 17.8 Å². The zero-order chi connectivity index (χ0) is 14.3. The molecule has 0 aromatic rings. The molecule has 112 valence electrons. The molecule has 20 heavy (non-hydrogen) atoms. The fourth-order valence-corrected chi connectivity index (χ4v) is 3.58. The van der Waals surface area contributed by atoms with Gasteiger partial charge in [-0.25, -0.2) is 0 Å². The monoisotopic (exact) mass is 280 g/mol. The molecule has 0 radical (unpaired) electrons. The van der Waals surface area contributed by atoms with Crippen molar-refractivity contribution in [2.24, 2.45) is 17.8 Å². The fraction of sp³-hybridized carbons (Fsp3) is 0.867. The Morgan fingerprint density at radius 2 is 1.85 bits per heavy atom. The molecule has 3 unspecified atom stereocenters. The number of hydrogen-bond donors (Lipinski definition) is 2. The van der Waals surface area contributed by atoms with Crippen LogP contribution in [-0.2, 0) is 9.59 Å². The Hall–Kier alpha value is -0.940. The second kappa shape index (κ2) is 5.45. The van der Waals surface area contributed by atoms with Crippen molar-refractivity contribution in [2.75, 3.05) is 13.1 Å². The summed E-state index contributed by atoms with van der Waals surface area (Å²) in [7, 11) is 0. The summed E-state index contributed by atoms with van der Waals surface area (Å²) in [6.07, 6.45) is 4.41. The Morgan fingerprint density at radius 1 is 1.25 bits per heavy atom. The first-order chi connectivity index (χ1) is 9.60. The lowest BCUT2D eigenvalue weighted by Crippen LogP contribution is -2.42. The number of hydrogen-bond acceptors (Lipinski definition) is 4. The van der Waals surface area contributed by atoms with Crippen LogP contribution in [0.15, 0.2) is 0 Å². The van der Waals surface area contributed by atoms with E-state index in [1.165, 1.54) is 4.90 Å². The average Bonchev–Trinajstić information content (AvgIpc) is 3.13. The summed E-state index contributed by atoms with van der Waals surface area (Å²) in [6, 6.07) is 0.527. The van der Waals surface area contributed by atoms with Crippen LogP contribution in [0.4, 0.5) is 0 Å². The van der Waals surface area contributed by atoms with Gasteiger partial charge in [-0.15, -0.1) is 0 Å². The van der Waals surface area contributed by atoms with Crippen molar-refractivity contribution in [1.82, 2.24) is 10.2 Å². The second-order valence-electron chi connectivity index (χ2n) is 6.58. The number of carbonyl (C=O) groups excluding carboxylic acids is 2. The lowest BCUT2D eigenvalue weighted by molar-refractivity contribution is -0.142. The fourth-order valence-electron chi connectivity index (χ4n) is 3.58. The SMILES string of the molecule is CCC1CC2C(=O)N(CC(O)CNC3CC3)C(=O)C2C1. The molecule has 1 heterocycles. The number of fused-ring (bicyclic) bond motifs is 1. The second-order valence-corrected chi connectivity index (χ2v) is 6.58. The molecule has 2 N–H and O–H groups in total. The van der Waals surface area contributed by atoms with Crippen molar-refractivity contribution in [3.8, 4) is 0 Å². The summed E-state index contributed by atoms with van der Waals surface area (Å²) in [6.45, 7) is 2.74. The van der Waals surface area contributed by atoms with E-state index >= 15 is 0 Å². The van der Waals surface area contributed by atoms with Crippen LogP contribution >= 0.6 is 0 Å². The Labute approximate surface area is 119 Å². The standard InChI is InChI=1S/C15H24N2O3/c1-2-9-5-12-13(6-9)15(20)17(14(12)19)8-11(18)7-16-10-3-4-10/h9-13,16,18H,2-8H2,1H3. The minimum Gasteiger partial charge on any atom is -0.390 e. The lowest BCUT2D eigenvalue weighted by atomic mass is 10.00. The maximum atomic E-state index is 12.3. The highest BCUT2D eigenvalue weighted by Gasteiger charge is 2.52. The normalized spacial score (nSPS) is 34.7. The zero-order valence-corrected chi connectivity index (χ0v) is 12.0. The molecule has 1 aliphatic heterocycles. The molecule has 2 amide bonds. The molecule has 3 aliphatic rings. The molecular weight excluding hydrogens is 256 g/mol. The van der Waals surface area contributed by atoms with Gasteiger partial charge in [0.15, 0.2) is 0 Å². The predicted octanol–water partition coefficient (Wildman–Crippen LogP) is 0.520. The maximum absolute atomic E-state index is 12.3. The van der Waals surface area contributed by atoms with Gasteiger partial charge in [0, 0.05) is 12.6 Å². The number of β-amino-alcohol motifs (C(OH)–C–C–N with tert-alkyl or cyclic N) is 1. The topological polar surface area (TPSA) is 69.6 Å². The van der Waals surface area contributed by atoms with Gasteiger partial charge in [-0.1, -0.05) is 13.3 Å². The van der Waals surface area contributed by atoms with Crippen LogP contribution < -0.4 is 5.32 Å². The van der Waals surface area contributed by atoms with Gasteiger partial charge >= 0.3 is 0 Å². The molecular formula is C15H24N2O3. The van der Waals surface area contributed by atoms with E-state index in [2.05, 4.69) is 12.2 Å². The molecule has 0 bridgehead atoms. The van der Waals surface area contributed by atoms with E-state index in [4.69, 9.17) is 0 Å². The molecule has 0 aromatic heterocycles. The zero-order valence-electron chi connectivity index (χ0n) is 12.0. The summed E-state index contributed by atoms with van der Waals surface area (Å²) in [4.78, 5) is 25.9. The molecule has 3 atom stereocenters. The minimum absolute atomic E-state index is 0.0542. The van der Waals surface area contributed by atoms with Gasteiger partial charge in [0.05, 0.1) is 24.5 Å². The van der Waals surface area contributed by atoms with Gasteiger partial charge in [0.25, 0.3) is 0 Å². The van der Waals surface area contributed by atoms with E-state index in [9.17, 15) is 14.7 Å². The van der Waals surface area contributed by atoms with E-state index in [0.29, 0.717) is 18.5 Å². The summed E-state index contributed by atoms with van der Waals surface area (Å²) in [5, 5.41) is 13.2. The smallest absolute Gasteiger partial charge is 0.233 e. The van der Waals surface area contributed by atoms with Crippen molar-refractivity contribution in [2.45, 2.75) is 51.2 Å². The molecule has 3 fully saturated rings. The summed E-state index contributed by atoms with van der Waals surface area (Å²) in [5.74, 6) is 0.177. The van der Waals surface area contributed by atoms with E-state index in [1.807, 2.05) is 0 Å². The number of carbonyl (C=O) groups is 2. The van der Waals surface area contributed by atoms with E-state index in [1.54, 1.807) is 0 Å². The third-order valence-corrected chi connectivity index (χ3v) is 5.02. The minimum atomic E-state index is -0.649. The van der Waals surface area contributed by atoms with E-state index in [0.717, 1.165) is 32.1 Å². The summed E-state index contributed by atoms with van der Waals surface area (Å²) >= 11 is 0. The molecule has 3 rings (SSSR count). The number of nitrogens with one attached hydrogen (secondary N) is 1. The van der Waals surface area contributed by atoms with Crippen LogP contribution in [0.3, 0.4) is 0 Å². The van der Waals surface area contributed by atoms with Crippen LogP contribution in [0.25, 0.3) is 0 Å². The Balaban J connectivity index is 1.55. The van der Waals surface area contributed by atoms with E-state index < -0.39 is 6.10 Å². The number of rotatable bonds is 6. The molecule has 2 aliphatic carbocycles. The van der Waals surface area contributed by atoms with Crippen LogP contribution in [-0.4, -0.2) is 47.1 Å². The van der Waals surface area contributed by atoms with Crippen LogP contribution in [0.1, 0.15) is 39.0 Å². The van der Waals surface area contributed by atoms with E-state index in [-0.39, 0.29) is 30.2 Å². The molecule has 1 saturated heterocycles. The van der Waals surface area contributed by atoms with Gasteiger partial charge < -0.3 is 10.4 Å². The number of aliphatic hydroxyl groups excluding tert-OH is 1. The Morgan fingerprint density at radius 3 is 2.35 bits per heavy atom. The average molecular weight is 280 g/mol. The first kappa shape index (κ1) is 14.0. The largest absolute Gasteiger partial charge is 0.390 e. The first-order valence-corrected chi connectivity index (χ1v) is 7.86. The van der Waals surface area contributed by atoms with Gasteiger partial charge in [-0.05, 0) is 31.6 Å². The highest BCUT2D eigenvalue weighted by atomic mass is 16.3. The van der Waals surface area contributed by atoms with Gasteiger partial charge in [0.2, 0.25) is 11.8 Å². The molecule has 5 heteroatoms. The predicted molar refractivity (Wildman–Crippen MR) is 73.7 cm³/mol. The third-order valence-electron chi connectivity index (χ3n) is 5.02. The number of nitrogens with zero attached hydrogens (tertiary/aromatic N) is 1. The van der Waals surface area contributed by atoms with Gasteiger partial charge in [0.1, 0.15) is 0 Å². The van der Waals surface area contributed by atoms with Crippen molar-refractivity contribution in [1.29, 1.82) is 0 Å². The highest BCUT2D eigenvalue weighted by molar-refractivity contribution is 6.05. The number of amides is 2. The molecule has 2 saturated carbocycles. The van der Waals surface area contributed by atoms with Gasteiger partial charge in [-0.3, -0.25) is 14.5 Å².